The van der Waals surface area contributed by atoms with E-state index in [1.54, 1.807) is 0 Å². The number of aryl methyl sites for hydroxylation is 1. The Hall–Kier alpha value is -3.28. The van der Waals surface area contributed by atoms with Crippen molar-refractivity contribution in [2.75, 3.05) is 17.4 Å². The van der Waals surface area contributed by atoms with Gasteiger partial charge in [0.1, 0.15) is 17.5 Å². The van der Waals surface area contributed by atoms with Crippen molar-refractivity contribution < 1.29 is 9.47 Å². The molecule has 0 atom stereocenters. The van der Waals surface area contributed by atoms with Crippen molar-refractivity contribution in [3.05, 3.63) is 71.5 Å². The van der Waals surface area contributed by atoms with Gasteiger partial charge in [-0.05, 0) is 30.2 Å². The Morgan fingerprint density at radius 1 is 0.808 bits per heavy atom. The number of rotatable bonds is 6. The van der Waals surface area contributed by atoms with Crippen LogP contribution < -0.4 is 20.1 Å². The fourth-order valence-corrected chi connectivity index (χ4v) is 2.78. The molecule has 26 heavy (non-hydrogen) atoms. The lowest BCUT2D eigenvalue weighted by Crippen LogP contribution is -2.07. The third-order valence-corrected chi connectivity index (χ3v) is 4.07. The molecule has 0 fully saturated rings. The highest BCUT2D eigenvalue weighted by molar-refractivity contribution is 5.49. The van der Waals surface area contributed by atoms with Crippen molar-refractivity contribution in [3.63, 3.8) is 0 Å². The first kappa shape index (κ1) is 16.2. The third kappa shape index (κ3) is 3.85. The van der Waals surface area contributed by atoms with Crippen LogP contribution in [0.1, 0.15) is 17.0 Å². The van der Waals surface area contributed by atoms with Crippen LogP contribution in [0.2, 0.25) is 0 Å². The first-order valence-electron chi connectivity index (χ1n) is 8.52. The lowest BCUT2D eigenvalue weighted by molar-refractivity contribution is 0.174. The molecule has 0 unspecified atom stereocenters. The second-order valence-corrected chi connectivity index (χ2v) is 6.07. The lowest BCUT2D eigenvalue weighted by Gasteiger charge is -2.11. The first-order valence-corrected chi connectivity index (χ1v) is 8.52. The summed E-state index contributed by atoms with van der Waals surface area (Å²) in [7, 11) is 0. The molecule has 0 spiro atoms. The van der Waals surface area contributed by atoms with Gasteiger partial charge in [0, 0.05) is 19.2 Å². The van der Waals surface area contributed by atoms with Crippen LogP contribution in [0.5, 0.6) is 11.5 Å². The second-order valence-electron chi connectivity index (χ2n) is 6.07. The molecule has 2 aromatic carbocycles. The van der Waals surface area contributed by atoms with E-state index >= 15 is 0 Å². The van der Waals surface area contributed by atoms with E-state index in [0.717, 1.165) is 41.1 Å². The zero-order valence-electron chi connectivity index (χ0n) is 14.5. The minimum Gasteiger partial charge on any atom is -0.454 e. The van der Waals surface area contributed by atoms with Gasteiger partial charge in [-0.3, -0.25) is 0 Å². The predicted octanol–water partition coefficient (Wildman–Crippen LogP) is 3.74. The molecule has 2 N–H and O–H groups in total. The number of fused-ring (bicyclic) bond motifs is 1. The Morgan fingerprint density at radius 2 is 1.50 bits per heavy atom. The highest BCUT2D eigenvalue weighted by atomic mass is 16.7. The summed E-state index contributed by atoms with van der Waals surface area (Å²) < 4.78 is 10.8. The van der Waals surface area contributed by atoms with E-state index in [4.69, 9.17) is 9.47 Å². The lowest BCUT2D eigenvalue weighted by atomic mass is 10.2. The van der Waals surface area contributed by atoms with Gasteiger partial charge in [-0.25, -0.2) is 9.97 Å². The van der Waals surface area contributed by atoms with Gasteiger partial charge >= 0.3 is 0 Å². The van der Waals surface area contributed by atoms with Crippen LogP contribution in [0, 0.1) is 6.92 Å². The van der Waals surface area contributed by atoms with Gasteiger partial charge in [-0.2, -0.15) is 0 Å². The Balaban J connectivity index is 1.41. The molecule has 1 aliphatic rings. The van der Waals surface area contributed by atoms with Gasteiger partial charge in [0.15, 0.2) is 11.5 Å². The number of hydrogen-bond acceptors (Lipinski definition) is 6. The van der Waals surface area contributed by atoms with E-state index in [0.29, 0.717) is 6.54 Å². The molecule has 6 nitrogen and oxygen atoms in total. The summed E-state index contributed by atoms with van der Waals surface area (Å²) in [4.78, 5) is 8.91. The maximum Gasteiger partial charge on any atom is 0.231 e. The Labute approximate surface area is 152 Å². The topological polar surface area (TPSA) is 68.3 Å². The molecule has 0 saturated heterocycles. The number of benzene rings is 2. The molecule has 132 valence electrons. The number of nitrogens with one attached hydrogen (secondary N) is 2. The van der Waals surface area contributed by atoms with Crippen molar-refractivity contribution in [1.29, 1.82) is 0 Å². The van der Waals surface area contributed by atoms with Gasteiger partial charge in [0.2, 0.25) is 6.79 Å². The number of hydrogen-bond donors (Lipinski definition) is 2. The highest BCUT2D eigenvalue weighted by Gasteiger charge is 2.13. The molecule has 6 heteroatoms. The molecule has 0 amide bonds. The molecular formula is C20H20N4O2. The van der Waals surface area contributed by atoms with Crippen molar-refractivity contribution in [2.45, 2.75) is 20.0 Å². The molecule has 0 saturated carbocycles. The third-order valence-electron chi connectivity index (χ3n) is 4.07. The Morgan fingerprint density at radius 3 is 2.27 bits per heavy atom. The summed E-state index contributed by atoms with van der Waals surface area (Å²) in [5.74, 6) is 3.88. The summed E-state index contributed by atoms with van der Waals surface area (Å²) in [5.41, 5.74) is 2.31. The summed E-state index contributed by atoms with van der Waals surface area (Å²) in [6, 6.07) is 18.1. The van der Waals surface area contributed by atoms with Crippen LogP contribution in [-0.4, -0.2) is 16.8 Å². The average Bonchev–Trinajstić information content (AvgIpc) is 3.13. The zero-order valence-corrected chi connectivity index (χ0v) is 14.5. The normalized spacial score (nSPS) is 12.0. The van der Waals surface area contributed by atoms with Crippen molar-refractivity contribution >= 4 is 11.6 Å². The predicted molar refractivity (Wildman–Crippen MR) is 100 cm³/mol. The van der Waals surface area contributed by atoms with E-state index in [1.807, 2.05) is 49.4 Å². The van der Waals surface area contributed by atoms with E-state index in [-0.39, 0.29) is 6.79 Å². The molecule has 4 rings (SSSR count). The first-order chi connectivity index (χ1) is 12.8. The highest BCUT2D eigenvalue weighted by Crippen LogP contribution is 2.32. The second kappa shape index (κ2) is 7.31. The van der Waals surface area contributed by atoms with Gasteiger partial charge < -0.3 is 20.1 Å². The Bertz CT molecular complexity index is 900. The van der Waals surface area contributed by atoms with Gasteiger partial charge in [-0.15, -0.1) is 0 Å². The van der Waals surface area contributed by atoms with Crippen LogP contribution >= 0.6 is 0 Å². The molecule has 3 aromatic rings. The van der Waals surface area contributed by atoms with Crippen molar-refractivity contribution in [1.82, 2.24) is 9.97 Å². The minimum absolute atomic E-state index is 0.285. The monoisotopic (exact) mass is 348 g/mol. The number of anilines is 2. The maximum atomic E-state index is 5.42. The fraction of sp³-hybridized carbons (Fsp3) is 0.200. The molecule has 2 heterocycles. The van der Waals surface area contributed by atoms with Crippen LogP contribution in [0.15, 0.2) is 54.6 Å². The number of aromatic nitrogens is 2. The molecule has 0 aliphatic carbocycles. The van der Waals surface area contributed by atoms with E-state index < -0.39 is 0 Å². The van der Waals surface area contributed by atoms with Gasteiger partial charge in [0.05, 0.1) is 0 Å². The van der Waals surface area contributed by atoms with Gasteiger partial charge in [0.25, 0.3) is 0 Å². The summed E-state index contributed by atoms with van der Waals surface area (Å²) in [6.45, 7) is 3.54. The number of nitrogens with zero attached hydrogens (tertiary/aromatic N) is 2. The van der Waals surface area contributed by atoms with Crippen molar-refractivity contribution in [3.8, 4) is 11.5 Å². The Kier molecular flexibility index (Phi) is 4.55. The van der Waals surface area contributed by atoms with E-state index in [2.05, 4.69) is 32.7 Å². The van der Waals surface area contributed by atoms with Crippen molar-refractivity contribution in [2.24, 2.45) is 0 Å². The van der Waals surface area contributed by atoms with E-state index in [1.165, 1.54) is 5.56 Å². The molecule has 0 bridgehead atoms. The molecule has 1 aliphatic heterocycles. The summed E-state index contributed by atoms with van der Waals surface area (Å²) in [5, 5.41) is 6.69. The minimum atomic E-state index is 0.285. The average molecular weight is 348 g/mol. The van der Waals surface area contributed by atoms with Gasteiger partial charge in [-0.1, -0.05) is 36.4 Å². The smallest absolute Gasteiger partial charge is 0.231 e. The van der Waals surface area contributed by atoms with Crippen LogP contribution in [0.4, 0.5) is 11.6 Å². The van der Waals surface area contributed by atoms with Crippen LogP contribution in [-0.2, 0) is 13.1 Å². The zero-order chi connectivity index (χ0) is 17.8. The standard InChI is InChI=1S/C20H20N4O2/c1-14-23-19(21-11-15-5-3-2-4-6-15)10-20(24-14)22-12-16-7-8-17-18(9-16)26-13-25-17/h2-10H,11-13H2,1H3,(H2,21,22,23,24). The van der Waals surface area contributed by atoms with Crippen LogP contribution in [0.3, 0.4) is 0 Å². The molecule has 0 radical (unpaired) electrons. The van der Waals surface area contributed by atoms with Crippen LogP contribution in [0.25, 0.3) is 0 Å². The summed E-state index contributed by atoms with van der Waals surface area (Å²) >= 11 is 0. The quantitative estimate of drug-likeness (QED) is 0.707. The SMILES string of the molecule is Cc1nc(NCc2ccccc2)cc(NCc2ccc3c(c2)OCO3)n1. The maximum absolute atomic E-state index is 5.42. The number of ether oxygens (including phenoxy) is 2. The molecular weight excluding hydrogens is 328 g/mol. The largest absolute Gasteiger partial charge is 0.454 e. The summed E-state index contributed by atoms with van der Waals surface area (Å²) in [6.07, 6.45) is 0. The fourth-order valence-electron chi connectivity index (χ4n) is 2.78. The van der Waals surface area contributed by atoms with E-state index in [9.17, 15) is 0 Å². The molecule has 1 aromatic heterocycles.